The van der Waals surface area contributed by atoms with E-state index >= 15 is 0 Å². The van der Waals surface area contributed by atoms with Gasteiger partial charge in [0.15, 0.2) is 0 Å². The van der Waals surface area contributed by atoms with Crippen LogP contribution in [0.5, 0.6) is 0 Å². The summed E-state index contributed by atoms with van der Waals surface area (Å²) < 4.78 is 1.16. The maximum atomic E-state index is 13.0. The number of carbonyl (C=O) groups excluding carboxylic acids is 1. The van der Waals surface area contributed by atoms with Gasteiger partial charge in [-0.15, -0.1) is 0 Å². The van der Waals surface area contributed by atoms with Gasteiger partial charge in [-0.05, 0) is 91.0 Å². The third kappa shape index (κ3) is 3.93. The van der Waals surface area contributed by atoms with E-state index in [4.69, 9.17) is 0 Å². The van der Waals surface area contributed by atoms with Crippen LogP contribution < -0.4 is 0 Å². The first-order valence-corrected chi connectivity index (χ1v) is 13.0. The molecule has 0 amide bonds. The van der Waals surface area contributed by atoms with E-state index in [0.29, 0.717) is 29.5 Å². The molecule has 0 radical (unpaired) electrons. The number of hydrogen-bond donors (Lipinski definition) is 0. The number of Topliss-reactive ketones (excluding diaryl/α,β-unsaturated/α-hetero) is 1. The third-order valence-electron chi connectivity index (χ3n) is 8.75. The molecule has 31 heavy (non-hydrogen) atoms. The highest BCUT2D eigenvalue weighted by Crippen LogP contribution is 2.54. The minimum atomic E-state index is 0.382. The number of piperidine rings is 1. The van der Waals surface area contributed by atoms with Crippen LogP contribution in [0.4, 0.5) is 0 Å². The molecule has 3 aliphatic carbocycles. The number of benzene rings is 2. The number of nitrogens with zero attached hydrogens (tertiary/aromatic N) is 1. The second-order valence-corrected chi connectivity index (χ2v) is 11.5. The van der Waals surface area contributed by atoms with Gasteiger partial charge in [0.2, 0.25) is 0 Å². The van der Waals surface area contributed by atoms with Gasteiger partial charge >= 0.3 is 0 Å². The van der Waals surface area contributed by atoms with Crippen LogP contribution in [0.3, 0.4) is 0 Å². The van der Waals surface area contributed by atoms with Crippen LogP contribution >= 0.6 is 15.9 Å². The van der Waals surface area contributed by atoms with Gasteiger partial charge in [-0.25, -0.2) is 0 Å². The van der Waals surface area contributed by atoms with E-state index in [1.54, 1.807) is 0 Å². The van der Waals surface area contributed by atoms with Crippen molar-refractivity contribution >= 4 is 21.7 Å². The monoisotopic (exact) mass is 477 g/mol. The van der Waals surface area contributed by atoms with Crippen molar-refractivity contribution in [3.63, 3.8) is 0 Å². The highest BCUT2D eigenvalue weighted by Gasteiger charge is 2.59. The van der Waals surface area contributed by atoms with Crippen LogP contribution in [0.25, 0.3) is 0 Å². The maximum Gasteiger partial charge on any atom is 0.136 e. The van der Waals surface area contributed by atoms with Crippen LogP contribution in [0.2, 0.25) is 0 Å². The average molecular weight is 478 g/mol. The van der Waals surface area contributed by atoms with Crippen LogP contribution in [0.1, 0.15) is 54.7 Å². The molecule has 0 N–H and O–H groups in total. The van der Waals surface area contributed by atoms with E-state index in [-0.39, 0.29) is 0 Å². The molecule has 4 aliphatic rings. The van der Waals surface area contributed by atoms with Gasteiger partial charge in [-0.3, -0.25) is 9.69 Å². The summed E-state index contributed by atoms with van der Waals surface area (Å²) in [5.74, 6) is 3.56. The van der Waals surface area contributed by atoms with Crippen molar-refractivity contribution in [1.82, 2.24) is 4.90 Å². The highest BCUT2D eigenvalue weighted by molar-refractivity contribution is 9.10. The average Bonchev–Trinajstić information content (AvgIpc) is 3.09. The summed E-state index contributed by atoms with van der Waals surface area (Å²) in [6.45, 7) is 2.36. The largest absolute Gasteiger partial charge is 0.300 e. The first kappa shape index (κ1) is 20.2. The molecular weight excluding hydrogens is 446 g/mol. The van der Waals surface area contributed by atoms with E-state index < -0.39 is 0 Å². The van der Waals surface area contributed by atoms with Gasteiger partial charge in [0, 0.05) is 35.9 Å². The Morgan fingerprint density at radius 3 is 2.35 bits per heavy atom. The number of rotatable bonds is 5. The zero-order valence-corrected chi connectivity index (χ0v) is 19.8. The lowest BCUT2D eigenvalue weighted by molar-refractivity contribution is -0.122. The number of halogens is 1. The van der Waals surface area contributed by atoms with E-state index in [2.05, 4.69) is 69.4 Å². The summed E-state index contributed by atoms with van der Waals surface area (Å²) in [4.78, 5) is 15.8. The van der Waals surface area contributed by atoms with Crippen molar-refractivity contribution in [1.29, 1.82) is 0 Å². The van der Waals surface area contributed by atoms with Crippen LogP contribution in [-0.4, -0.2) is 29.8 Å². The Bertz CT molecular complexity index is 952. The molecule has 4 atom stereocenters. The summed E-state index contributed by atoms with van der Waals surface area (Å²) in [5.41, 5.74) is 4.42. The lowest BCUT2D eigenvalue weighted by atomic mass is 9.81. The molecule has 2 aromatic rings. The smallest absolute Gasteiger partial charge is 0.136 e. The first-order valence-electron chi connectivity index (χ1n) is 12.2. The van der Waals surface area contributed by atoms with E-state index in [0.717, 1.165) is 35.7 Å². The number of hydrogen-bond acceptors (Lipinski definition) is 2. The Morgan fingerprint density at radius 1 is 0.903 bits per heavy atom. The molecule has 2 saturated carbocycles. The molecule has 2 unspecified atom stereocenters. The quantitative estimate of drug-likeness (QED) is 0.523. The maximum absolute atomic E-state index is 13.0. The molecule has 1 aliphatic heterocycles. The normalized spacial score (nSPS) is 34.4. The predicted molar refractivity (Wildman–Crippen MR) is 128 cm³/mol. The minimum absolute atomic E-state index is 0.382. The number of ketones is 1. The van der Waals surface area contributed by atoms with Crippen molar-refractivity contribution in [3.8, 4) is 0 Å². The molecule has 2 aromatic carbocycles. The number of likely N-dealkylation sites (tertiary alicyclic amines) is 1. The summed E-state index contributed by atoms with van der Waals surface area (Å²) in [6.07, 6.45) is 8.27. The van der Waals surface area contributed by atoms with Crippen LogP contribution in [0.15, 0.2) is 53.0 Å². The van der Waals surface area contributed by atoms with E-state index in [9.17, 15) is 4.79 Å². The second-order valence-electron chi connectivity index (χ2n) is 10.6. The van der Waals surface area contributed by atoms with Crippen molar-refractivity contribution in [2.24, 2.45) is 23.7 Å². The summed E-state index contributed by atoms with van der Waals surface area (Å²) in [6, 6.07) is 18.4. The molecule has 6 rings (SSSR count). The Labute approximate surface area is 194 Å². The Kier molecular flexibility index (Phi) is 5.31. The third-order valence-corrected chi connectivity index (χ3v) is 9.25. The lowest BCUT2D eigenvalue weighted by Gasteiger charge is -2.36. The van der Waals surface area contributed by atoms with E-state index in [1.165, 1.54) is 55.5 Å². The van der Waals surface area contributed by atoms with E-state index in [1.807, 2.05) is 0 Å². The summed E-state index contributed by atoms with van der Waals surface area (Å²) in [7, 11) is 0. The number of fused-ring (bicyclic) bond motifs is 2. The van der Waals surface area contributed by atoms with Crippen molar-refractivity contribution in [3.05, 3.63) is 69.7 Å². The molecule has 0 spiro atoms. The van der Waals surface area contributed by atoms with Gasteiger partial charge in [0.1, 0.15) is 5.78 Å². The fourth-order valence-electron chi connectivity index (χ4n) is 7.08. The molecular formula is C28H32BrNO. The molecule has 2 nitrogen and oxygen atoms in total. The molecule has 3 fully saturated rings. The molecule has 3 heteroatoms. The Morgan fingerprint density at radius 2 is 1.61 bits per heavy atom. The SMILES string of the molecule is O=C(CC1Cc2ccc(Br)cc2C1)C1[C@H]2CN(C3CCC(c4ccccc4)CC3)C[C@@H]12. The summed E-state index contributed by atoms with van der Waals surface area (Å²) >= 11 is 3.58. The fourth-order valence-corrected chi connectivity index (χ4v) is 7.49. The molecule has 162 valence electrons. The van der Waals surface area contributed by atoms with Crippen LogP contribution in [0, 0.1) is 23.7 Å². The van der Waals surface area contributed by atoms with Crippen molar-refractivity contribution < 1.29 is 4.79 Å². The highest BCUT2D eigenvalue weighted by atomic mass is 79.9. The van der Waals surface area contributed by atoms with Crippen LogP contribution in [-0.2, 0) is 17.6 Å². The van der Waals surface area contributed by atoms with Crippen molar-refractivity contribution in [2.45, 2.75) is 56.9 Å². The first-order chi connectivity index (χ1) is 15.2. The second kappa shape index (κ2) is 8.15. The Balaban J connectivity index is 0.976. The topological polar surface area (TPSA) is 20.3 Å². The molecule has 1 heterocycles. The predicted octanol–water partition coefficient (Wildman–Crippen LogP) is 6.03. The van der Waals surface area contributed by atoms with Crippen molar-refractivity contribution in [2.75, 3.05) is 13.1 Å². The van der Waals surface area contributed by atoms with Gasteiger partial charge < -0.3 is 0 Å². The minimum Gasteiger partial charge on any atom is -0.300 e. The van der Waals surface area contributed by atoms with Gasteiger partial charge in [-0.2, -0.15) is 0 Å². The Hall–Kier alpha value is -1.45. The lowest BCUT2D eigenvalue weighted by Crippen LogP contribution is -2.38. The zero-order valence-electron chi connectivity index (χ0n) is 18.2. The van der Waals surface area contributed by atoms with Gasteiger partial charge in [0.05, 0.1) is 0 Å². The molecule has 0 aromatic heterocycles. The fraction of sp³-hybridized carbons (Fsp3) is 0.536. The molecule has 0 bridgehead atoms. The number of carbonyl (C=O) groups is 1. The summed E-state index contributed by atoms with van der Waals surface area (Å²) in [5, 5.41) is 0. The standard InChI is InChI=1S/C28H32BrNO/c29-23-9-6-21-12-18(13-22(21)15-23)14-27(31)28-25-16-30(17-26(25)28)24-10-7-20(8-11-24)19-4-2-1-3-5-19/h1-6,9,15,18,20,24-26,28H,7-8,10-14,16-17H2/t18?,20?,24?,25-,26+,28?. The van der Waals surface area contributed by atoms with Gasteiger partial charge in [-0.1, -0.05) is 52.3 Å². The zero-order chi connectivity index (χ0) is 20.9. The van der Waals surface area contributed by atoms with Gasteiger partial charge in [0.25, 0.3) is 0 Å². The molecule has 1 saturated heterocycles.